The Kier molecular flexibility index (Phi) is 5.24. The highest BCUT2D eigenvalue weighted by Crippen LogP contribution is 2.31. The molecular weight excluding hydrogens is 488 g/mol. The molecule has 0 atom stereocenters. The van der Waals surface area contributed by atoms with E-state index in [4.69, 9.17) is 0 Å². The first-order valence-electron chi connectivity index (χ1n) is 9.80. The van der Waals surface area contributed by atoms with E-state index in [-0.39, 0.29) is 10.7 Å². The van der Waals surface area contributed by atoms with Crippen molar-refractivity contribution in [3.05, 3.63) is 95.5 Å². The maximum atomic E-state index is 13.0. The van der Waals surface area contributed by atoms with Crippen molar-refractivity contribution < 1.29 is 8.42 Å². The lowest BCUT2D eigenvalue weighted by molar-refractivity contribution is 0.601. The van der Waals surface area contributed by atoms with Crippen LogP contribution in [0.2, 0.25) is 0 Å². The monoisotopic (exact) mass is 504 g/mol. The Morgan fingerprint density at radius 2 is 1.31 bits per heavy atom. The lowest BCUT2D eigenvalue weighted by Crippen LogP contribution is -2.16. The molecule has 0 bridgehead atoms. The van der Waals surface area contributed by atoms with Crippen LogP contribution in [0.4, 0.5) is 17.3 Å². The first-order chi connectivity index (χ1) is 15.5. The summed E-state index contributed by atoms with van der Waals surface area (Å²) >= 11 is 3.33. The van der Waals surface area contributed by atoms with Crippen LogP contribution in [0.25, 0.3) is 21.8 Å². The van der Waals surface area contributed by atoms with Crippen molar-refractivity contribution in [3.63, 3.8) is 0 Å². The van der Waals surface area contributed by atoms with E-state index in [0.29, 0.717) is 16.9 Å². The molecule has 5 aromatic rings. The fourth-order valence-electron chi connectivity index (χ4n) is 3.42. The SMILES string of the molecule is O=S(=O)(Nc1nc2ccccc2nc1Nc1cccc2ccccc12)c1ccc(Br)cc1. The third-order valence-electron chi connectivity index (χ3n) is 4.97. The van der Waals surface area contributed by atoms with Crippen molar-refractivity contribution in [2.45, 2.75) is 4.90 Å². The van der Waals surface area contributed by atoms with Crippen molar-refractivity contribution in [1.29, 1.82) is 0 Å². The Morgan fingerprint density at radius 3 is 2.06 bits per heavy atom. The van der Waals surface area contributed by atoms with Gasteiger partial charge in [-0.1, -0.05) is 64.5 Å². The van der Waals surface area contributed by atoms with Crippen LogP contribution in [-0.4, -0.2) is 18.4 Å². The van der Waals surface area contributed by atoms with Gasteiger partial charge in [0, 0.05) is 15.5 Å². The van der Waals surface area contributed by atoms with Gasteiger partial charge >= 0.3 is 0 Å². The number of halogens is 1. The van der Waals surface area contributed by atoms with Gasteiger partial charge in [-0.25, -0.2) is 18.4 Å². The second kappa shape index (κ2) is 8.22. The van der Waals surface area contributed by atoms with E-state index in [1.165, 1.54) is 12.1 Å². The van der Waals surface area contributed by atoms with Crippen LogP contribution in [0.3, 0.4) is 0 Å². The Labute approximate surface area is 193 Å². The molecule has 0 unspecified atom stereocenters. The minimum absolute atomic E-state index is 0.125. The Bertz CT molecular complexity index is 1550. The molecule has 0 radical (unpaired) electrons. The molecule has 0 spiro atoms. The fourth-order valence-corrected chi connectivity index (χ4v) is 4.69. The third-order valence-corrected chi connectivity index (χ3v) is 6.85. The van der Waals surface area contributed by atoms with Crippen molar-refractivity contribution in [3.8, 4) is 0 Å². The zero-order valence-corrected chi connectivity index (χ0v) is 19.1. The van der Waals surface area contributed by atoms with Gasteiger partial charge < -0.3 is 5.32 Å². The van der Waals surface area contributed by atoms with Gasteiger partial charge in [-0.05, 0) is 47.9 Å². The number of fused-ring (bicyclic) bond motifs is 2. The second-order valence-corrected chi connectivity index (χ2v) is 9.72. The summed E-state index contributed by atoms with van der Waals surface area (Å²) in [5.41, 5.74) is 2.04. The van der Waals surface area contributed by atoms with Crippen LogP contribution in [0.1, 0.15) is 0 Å². The average Bonchev–Trinajstić information content (AvgIpc) is 2.80. The molecular formula is C24H17BrN4O2S. The van der Waals surface area contributed by atoms with Gasteiger partial charge in [0.05, 0.1) is 15.9 Å². The van der Waals surface area contributed by atoms with E-state index in [2.05, 4.69) is 35.9 Å². The number of sulfonamides is 1. The maximum Gasteiger partial charge on any atom is 0.263 e. The fraction of sp³-hybridized carbons (Fsp3) is 0. The first-order valence-corrected chi connectivity index (χ1v) is 12.1. The third kappa shape index (κ3) is 4.02. The summed E-state index contributed by atoms with van der Waals surface area (Å²) in [4.78, 5) is 9.35. The Morgan fingerprint density at radius 1 is 0.688 bits per heavy atom. The highest BCUT2D eigenvalue weighted by molar-refractivity contribution is 9.10. The van der Waals surface area contributed by atoms with Crippen molar-refractivity contribution in [1.82, 2.24) is 9.97 Å². The van der Waals surface area contributed by atoms with Gasteiger partial charge in [0.2, 0.25) is 0 Å². The van der Waals surface area contributed by atoms with Gasteiger partial charge in [-0.2, -0.15) is 0 Å². The number of nitrogens with zero attached hydrogens (tertiary/aromatic N) is 2. The number of aromatic nitrogens is 2. The highest BCUT2D eigenvalue weighted by atomic mass is 79.9. The summed E-state index contributed by atoms with van der Waals surface area (Å²) in [5, 5.41) is 5.33. The van der Waals surface area contributed by atoms with Gasteiger partial charge in [0.25, 0.3) is 10.0 Å². The molecule has 1 heterocycles. The summed E-state index contributed by atoms with van der Waals surface area (Å²) < 4.78 is 29.5. The van der Waals surface area contributed by atoms with Crippen LogP contribution < -0.4 is 10.0 Å². The predicted octanol–water partition coefficient (Wildman–Crippen LogP) is 6.09. The molecule has 0 aliphatic rings. The largest absolute Gasteiger partial charge is 0.337 e. The number of para-hydroxylation sites is 2. The summed E-state index contributed by atoms with van der Waals surface area (Å²) in [5.74, 6) is 0.445. The lowest BCUT2D eigenvalue weighted by atomic mass is 10.1. The Balaban J connectivity index is 1.61. The number of rotatable bonds is 5. The number of hydrogen-bond donors (Lipinski definition) is 2. The highest BCUT2D eigenvalue weighted by Gasteiger charge is 2.19. The number of hydrogen-bond acceptors (Lipinski definition) is 5. The molecule has 0 fully saturated rings. The minimum Gasteiger partial charge on any atom is -0.337 e. The molecule has 2 N–H and O–H groups in total. The number of nitrogens with one attached hydrogen (secondary N) is 2. The standard InChI is InChI=1S/C24H17BrN4O2S/c25-17-12-14-18(15-13-17)32(30,31)29-24-23(27-21-9-3-4-10-22(21)28-24)26-20-11-5-7-16-6-1-2-8-19(16)20/h1-15H,(H,26,27)(H,28,29). The van der Waals surface area contributed by atoms with Crippen LogP contribution in [-0.2, 0) is 10.0 Å². The summed E-state index contributed by atoms with van der Waals surface area (Å²) in [7, 11) is -3.87. The topological polar surface area (TPSA) is 84.0 Å². The van der Waals surface area contributed by atoms with Crippen molar-refractivity contribution >= 4 is 65.1 Å². The predicted molar refractivity (Wildman–Crippen MR) is 132 cm³/mol. The molecule has 0 aliphatic carbocycles. The zero-order chi connectivity index (χ0) is 22.1. The van der Waals surface area contributed by atoms with Crippen LogP contribution in [0.15, 0.2) is 100 Å². The van der Waals surface area contributed by atoms with Crippen molar-refractivity contribution in [2.75, 3.05) is 10.0 Å². The van der Waals surface area contributed by atoms with E-state index >= 15 is 0 Å². The second-order valence-electron chi connectivity index (χ2n) is 7.12. The normalized spacial score (nSPS) is 11.5. The van der Waals surface area contributed by atoms with Crippen molar-refractivity contribution in [2.24, 2.45) is 0 Å². The Hall–Kier alpha value is -3.49. The molecule has 0 amide bonds. The molecule has 0 saturated carbocycles. The molecule has 1 aromatic heterocycles. The molecule has 6 nitrogen and oxygen atoms in total. The van der Waals surface area contributed by atoms with Gasteiger partial charge in [0.1, 0.15) is 0 Å². The zero-order valence-electron chi connectivity index (χ0n) is 16.7. The molecule has 4 aromatic carbocycles. The molecule has 32 heavy (non-hydrogen) atoms. The summed E-state index contributed by atoms with van der Waals surface area (Å²) in [6.45, 7) is 0. The smallest absolute Gasteiger partial charge is 0.263 e. The van der Waals surface area contributed by atoms with Crippen LogP contribution >= 0.6 is 15.9 Å². The van der Waals surface area contributed by atoms with Crippen LogP contribution in [0.5, 0.6) is 0 Å². The molecule has 8 heteroatoms. The quantitative estimate of drug-likeness (QED) is 0.302. The molecule has 0 saturated heterocycles. The van der Waals surface area contributed by atoms with Gasteiger partial charge in [-0.15, -0.1) is 0 Å². The summed E-state index contributed by atoms with van der Waals surface area (Å²) in [6.07, 6.45) is 0. The van der Waals surface area contributed by atoms with E-state index in [0.717, 1.165) is 20.9 Å². The van der Waals surface area contributed by atoms with E-state index in [1.54, 1.807) is 18.2 Å². The number of benzene rings is 4. The summed E-state index contributed by atoms with van der Waals surface area (Å²) in [6, 6.07) is 27.6. The average molecular weight is 505 g/mol. The van der Waals surface area contributed by atoms with E-state index < -0.39 is 10.0 Å². The molecule has 158 valence electrons. The molecule has 0 aliphatic heterocycles. The van der Waals surface area contributed by atoms with Gasteiger partial charge in [0.15, 0.2) is 11.6 Å². The molecule has 5 rings (SSSR count). The van der Waals surface area contributed by atoms with E-state index in [1.807, 2.05) is 60.7 Å². The minimum atomic E-state index is -3.87. The lowest BCUT2D eigenvalue weighted by Gasteiger charge is -2.15. The maximum absolute atomic E-state index is 13.0. The first kappa shape index (κ1) is 20.4. The van der Waals surface area contributed by atoms with Gasteiger partial charge in [-0.3, -0.25) is 4.72 Å². The number of anilines is 3. The van der Waals surface area contributed by atoms with Crippen LogP contribution in [0, 0.1) is 0 Å². The van der Waals surface area contributed by atoms with E-state index in [9.17, 15) is 8.42 Å².